The van der Waals surface area contributed by atoms with Crippen LogP contribution < -0.4 is 10.5 Å². The van der Waals surface area contributed by atoms with Gasteiger partial charge in [-0.15, -0.1) is 11.3 Å². The number of hydrogen-bond acceptors (Lipinski definition) is 6. The SMILES string of the molecule is COc1cccc2c1C(=O)N(CC1Cc3c(sc(N)c3C(=O)O)CN1C(C)c1ccccc1)C2. The highest BCUT2D eigenvalue weighted by molar-refractivity contribution is 7.16. The molecule has 3 aromatic rings. The van der Waals surface area contributed by atoms with Crippen molar-refractivity contribution in [2.75, 3.05) is 19.4 Å². The Morgan fingerprint density at radius 2 is 1.97 bits per heavy atom. The average Bonchev–Trinajstić information content (AvgIpc) is 3.33. The second-order valence-corrected chi connectivity index (χ2v) is 9.98. The molecule has 2 atom stereocenters. The number of methoxy groups -OCH3 is 1. The first-order chi connectivity index (χ1) is 16.4. The summed E-state index contributed by atoms with van der Waals surface area (Å²) < 4.78 is 5.44. The first kappa shape index (κ1) is 22.4. The van der Waals surface area contributed by atoms with Gasteiger partial charge < -0.3 is 20.5 Å². The maximum atomic E-state index is 13.3. The number of thiophene rings is 1. The summed E-state index contributed by atoms with van der Waals surface area (Å²) in [6, 6.07) is 15.9. The summed E-state index contributed by atoms with van der Waals surface area (Å²) in [5.74, 6) is -0.453. The summed E-state index contributed by atoms with van der Waals surface area (Å²) in [6.45, 7) is 3.75. The quantitative estimate of drug-likeness (QED) is 0.553. The second kappa shape index (κ2) is 8.77. The number of hydrogen-bond donors (Lipinski definition) is 2. The number of rotatable bonds is 6. The number of nitrogen functional groups attached to an aromatic ring is 1. The molecule has 3 N–H and O–H groups in total. The van der Waals surface area contributed by atoms with E-state index in [-0.39, 0.29) is 23.6 Å². The number of ether oxygens (including phenoxy) is 1. The molecular weight excluding hydrogens is 450 g/mol. The molecule has 7 nitrogen and oxygen atoms in total. The van der Waals surface area contributed by atoms with Crippen LogP contribution >= 0.6 is 11.3 Å². The normalized spacial score (nSPS) is 18.5. The van der Waals surface area contributed by atoms with E-state index in [1.165, 1.54) is 16.9 Å². The highest BCUT2D eigenvalue weighted by Gasteiger charge is 2.39. The zero-order valence-corrected chi connectivity index (χ0v) is 20.0. The van der Waals surface area contributed by atoms with E-state index in [0.717, 1.165) is 16.0 Å². The Morgan fingerprint density at radius 1 is 1.21 bits per heavy atom. The van der Waals surface area contributed by atoms with Crippen molar-refractivity contribution >= 4 is 28.2 Å². The maximum absolute atomic E-state index is 13.3. The van der Waals surface area contributed by atoms with Gasteiger partial charge in [-0.05, 0) is 36.1 Å². The Balaban J connectivity index is 1.49. The molecule has 0 saturated carbocycles. The maximum Gasteiger partial charge on any atom is 0.338 e. The van der Waals surface area contributed by atoms with Gasteiger partial charge in [0.1, 0.15) is 10.8 Å². The van der Waals surface area contributed by atoms with Gasteiger partial charge in [-0.25, -0.2) is 4.79 Å². The van der Waals surface area contributed by atoms with E-state index in [4.69, 9.17) is 10.5 Å². The minimum absolute atomic E-state index is 0.0474. The molecule has 1 amide bonds. The first-order valence-corrected chi connectivity index (χ1v) is 12.1. The molecule has 34 heavy (non-hydrogen) atoms. The molecule has 0 radical (unpaired) electrons. The molecule has 2 aliphatic heterocycles. The van der Waals surface area contributed by atoms with E-state index in [1.54, 1.807) is 7.11 Å². The van der Waals surface area contributed by atoms with Gasteiger partial charge in [0.05, 0.1) is 18.2 Å². The van der Waals surface area contributed by atoms with Crippen LogP contribution in [-0.4, -0.2) is 46.5 Å². The number of carbonyl (C=O) groups is 2. The number of anilines is 1. The second-order valence-electron chi connectivity index (χ2n) is 8.85. The smallest absolute Gasteiger partial charge is 0.338 e. The standard InChI is InChI=1S/C26H27N3O4S/c1-15(16-7-4-3-5-8-16)29-14-21-19(23(26(31)32)24(27)34-21)11-18(29)13-28-12-17-9-6-10-20(33-2)22(17)25(28)30/h3-10,15,18H,11-14,27H2,1-2H3,(H,31,32). The number of carboxylic acid groups (broad SMARTS) is 1. The summed E-state index contributed by atoms with van der Waals surface area (Å²) >= 11 is 1.36. The summed E-state index contributed by atoms with van der Waals surface area (Å²) in [7, 11) is 1.58. The minimum Gasteiger partial charge on any atom is -0.496 e. The van der Waals surface area contributed by atoms with Gasteiger partial charge >= 0.3 is 5.97 Å². The van der Waals surface area contributed by atoms with Crippen LogP contribution in [0.15, 0.2) is 48.5 Å². The zero-order valence-electron chi connectivity index (χ0n) is 19.2. The van der Waals surface area contributed by atoms with Gasteiger partial charge in [-0.3, -0.25) is 9.69 Å². The van der Waals surface area contributed by atoms with Crippen molar-refractivity contribution in [2.24, 2.45) is 0 Å². The molecular formula is C26H27N3O4S. The Hall–Kier alpha value is -3.36. The number of fused-ring (bicyclic) bond motifs is 2. The summed E-state index contributed by atoms with van der Waals surface area (Å²) in [5, 5.41) is 10.1. The number of carboxylic acids is 1. The number of aromatic carboxylic acids is 1. The Labute approximate surface area is 202 Å². The molecule has 0 fully saturated rings. The van der Waals surface area contributed by atoms with Crippen LogP contribution in [0.4, 0.5) is 5.00 Å². The number of carbonyl (C=O) groups excluding carboxylic acids is 1. The molecule has 0 spiro atoms. The third kappa shape index (κ3) is 3.73. The van der Waals surface area contributed by atoms with Gasteiger partial charge in [0, 0.05) is 36.6 Å². The van der Waals surface area contributed by atoms with Crippen LogP contribution in [0.2, 0.25) is 0 Å². The number of amides is 1. The Bertz CT molecular complexity index is 1260. The van der Waals surface area contributed by atoms with Crippen LogP contribution in [0.25, 0.3) is 0 Å². The predicted molar refractivity (Wildman–Crippen MR) is 131 cm³/mol. The van der Waals surface area contributed by atoms with Crippen LogP contribution in [0, 0.1) is 0 Å². The van der Waals surface area contributed by atoms with Crippen molar-refractivity contribution in [2.45, 2.75) is 38.5 Å². The third-order valence-corrected chi connectivity index (χ3v) is 8.02. The van der Waals surface area contributed by atoms with Crippen molar-refractivity contribution in [1.82, 2.24) is 9.80 Å². The van der Waals surface area contributed by atoms with E-state index in [1.807, 2.05) is 41.3 Å². The minimum atomic E-state index is -0.993. The van der Waals surface area contributed by atoms with Crippen molar-refractivity contribution in [1.29, 1.82) is 0 Å². The molecule has 5 rings (SSSR count). The molecule has 1 aromatic heterocycles. The topological polar surface area (TPSA) is 96.1 Å². The molecule has 2 aliphatic rings. The average molecular weight is 478 g/mol. The molecule has 2 unspecified atom stereocenters. The van der Waals surface area contributed by atoms with E-state index in [2.05, 4.69) is 24.0 Å². The predicted octanol–water partition coefficient (Wildman–Crippen LogP) is 4.18. The van der Waals surface area contributed by atoms with Crippen molar-refractivity contribution in [3.8, 4) is 5.75 Å². The Morgan fingerprint density at radius 3 is 2.68 bits per heavy atom. The molecule has 8 heteroatoms. The first-order valence-electron chi connectivity index (χ1n) is 11.3. The van der Waals surface area contributed by atoms with Crippen LogP contribution in [0.1, 0.15) is 55.2 Å². The van der Waals surface area contributed by atoms with E-state index in [9.17, 15) is 14.7 Å². The van der Waals surface area contributed by atoms with Crippen molar-refractivity contribution in [3.05, 3.63) is 81.2 Å². The van der Waals surface area contributed by atoms with Gasteiger partial charge in [0.25, 0.3) is 5.91 Å². The van der Waals surface area contributed by atoms with Crippen molar-refractivity contribution in [3.63, 3.8) is 0 Å². The Kier molecular flexibility index (Phi) is 5.79. The monoisotopic (exact) mass is 477 g/mol. The zero-order chi connectivity index (χ0) is 24.0. The molecule has 176 valence electrons. The summed E-state index contributed by atoms with van der Waals surface area (Å²) in [5.41, 5.74) is 9.89. The number of nitrogens with zero attached hydrogens (tertiary/aromatic N) is 2. The lowest BCUT2D eigenvalue weighted by Crippen LogP contribution is -2.48. The van der Waals surface area contributed by atoms with Crippen LogP contribution in [0.5, 0.6) is 5.75 Å². The molecule has 0 bridgehead atoms. The van der Waals surface area contributed by atoms with Crippen molar-refractivity contribution < 1.29 is 19.4 Å². The van der Waals surface area contributed by atoms with E-state index < -0.39 is 5.97 Å². The lowest BCUT2D eigenvalue weighted by molar-refractivity contribution is 0.0594. The molecule has 0 saturated heterocycles. The fourth-order valence-electron chi connectivity index (χ4n) is 5.26. The van der Waals surface area contributed by atoms with Gasteiger partial charge in [-0.1, -0.05) is 42.5 Å². The number of benzene rings is 2. The largest absolute Gasteiger partial charge is 0.496 e. The molecule has 3 heterocycles. The molecule has 0 aliphatic carbocycles. The fourth-order valence-corrected chi connectivity index (χ4v) is 6.36. The van der Waals surface area contributed by atoms with Gasteiger partial charge in [0.2, 0.25) is 0 Å². The third-order valence-electron chi connectivity index (χ3n) is 6.97. The van der Waals surface area contributed by atoms with E-state index >= 15 is 0 Å². The summed E-state index contributed by atoms with van der Waals surface area (Å²) in [6.07, 6.45) is 0.527. The summed E-state index contributed by atoms with van der Waals surface area (Å²) in [4.78, 5) is 30.5. The van der Waals surface area contributed by atoms with Gasteiger partial charge in [-0.2, -0.15) is 0 Å². The number of nitrogens with two attached hydrogens (primary N) is 1. The fraction of sp³-hybridized carbons (Fsp3) is 0.308. The van der Waals surface area contributed by atoms with Crippen LogP contribution in [0.3, 0.4) is 0 Å². The van der Waals surface area contributed by atoms with Crippen LogP contribution in [-0.2, 0) is 19.5 Å². The van der Waals surface area contributed by atoms with E-state index in [0.29, 0.717) is 42.4 Å². The highest BCUT2D eigenvalue weighted by atomic mass is 32.1. The lowest BCUT2D eigenvalue weighted by Gasteiger charge is -2.41. The molecule has 2 aromatic carbocycles. The highest BCUT2D eigenvalue weighted by Crippen LogP contribution is 2.41. The van der Waals surface area contributed by atoms with Gasteiger partial charge in [0.15, 0.2) is 0 Å². The lowest BCUT2D eigenvalue weighted by atomic mass is 9.93.